The van der Waals surface area contributed by atoms with Gasteiger partial charge in [-0.25, -0.2) is 13.2 Å². The Labute approximate surface area is 157 Å². The van der Waals surface area contributed by atoms with Gasteiger partial charge in [0.25, 0.3) is 10.0 Å². The number of fused-ring (bicyclic) bond motifs is 1. The third-order valence-electron chi connectivity index (χ3n) is 3.98. The fourth-order valence-corrected chi connectivity index (χ4v) is 3.69. The number of nitrogens with one attached hydrogen (secondary N) is 1. The van der Waals surface area contributed by atoms with E-state index in [9.17, 15) is 13.2 Å². The molecular formula is C20H17NO5S. The van der Waals surface area contributed by atoms with Crippen LogP contribution in [0, 0.1) is 19.3 Å². The Hall–Kier alpha value is -3.24. The van der Waals surface area contributed by atoms with Crippen LogP contribution in [-0.2, 0) is 14.8 Å². The molecule has 138 valence electrons. The number of sulfonamides is 1. The van der Waals surface area contributed by atoms with Crippen LogP contribution in [0.3, 0.4) is 0 Å². The van der Waals surface area contributed by atoms with Crippen LogP contribution >= 0.6 is 0 Å². The second-order valence-corrected chi connectivity index (χ2v) is 7.44. The first-order valence-electron chi connectivity index (χ1n) is 8.15. The van der Waals surface area contributed by atoms with E-state index >= 15 is 0 Å². The molecule has 0 aliphatic rings. The van der Waals surface area contributed by atoms with Crippen LogP contribution in [-0.4, -0.2) is 21.0 Å². The summed E-state index contributed by atoms with van der Waals surface area (Å²) in [6, 6.07) is 10.9. The topological polar surface area (TPSA) is 85.6 Å². The molecule has 0 amide bonds. The number of aryl methyl sites for hydroxylation is 1. The maximum atomic E-state index is 12.7. The number of anilines is 1. The molecule has 0 aliphatic heterocycles. The maximum Gasteiger partial charge on any atom is 0.374 e. The zero-order chi connectivity index (χ0) is 19.6. The molecule has 0 saturated heterocycles. The predicted molar refractivity (Wildman–Crippen MR) is 102 cm³/mol. The molecule has 3 aromatic rings. The summed E-state index contributed by atoms with van der Waals surface area (Å²) >= 11 is 0. The molecule has 0 saturated carbocycles. The SMILES string of the molecule is C#Cc1ccc(NS(=O)(=O)c2ccc3oc(C(=O)OCC)c(C)c3c2)cc1. The normalized spacial score (nSPS) is 11.1. The molecule has 0 aliphatic carbocycles. The molecule has 1 heterocycles. The van der Waals surface area contributed by atoms with Gasteiger partial charge >= 0.3 is 5.97 Å². The first-order chi connectivity index (χ1) is 12.9. The Morgan fingerprint density at radius 2 is 1.93 bits per heavy atom. The van der Waals surface area contributed by atoms with Crippen LogP contribution in [0.25, 0.3) is 11.0 Å². The summed E-state index contributed by atoms with van der Waals surface area (Å²) in [5.74, 6) is 1.96. The summed E-state index contributed by atoms with van der Waals surface area (Å²) in [4.78, 5) is 12.0. The molecule has 7 heteroatoms. The lowest BCUT2D eigenvalue weighted by Crippen LogP contribution is -2.12. The Balaban J connectivity index is 1.96. The number of furan rings is 1. The molecule has 0 radical (unpaired) electrons. The first kappa shape index (κ1) is 18.5. The van der Waals surface area contributed by atoms with Gasteiger partial charge in [0, 0.05) is 22.2 Å². The highest BCUT2D eigenvalue weighted by Crippen LogP contribution is 2.29. The molecule has 0 spiro atoms. The second-order valence-electron chi connectivity index (χ2n) is 5.76. The molecule has 1 N–H and O–H groups in total. The molecule has 1 aromatic heterocycles. The molecule has 27 heavy (non-hydrogen) atoms. The smallest absolute Gasteiger partial charge is 0.374 e. The average molecular weight is 383 g/mol. The quantitative estimate of drug-likeness (QED) is 0.536. The van der Waals surface area contributed by atoms with Crippen molar-refractivity contribution in [3.05, 3.63) is 59.4 Å². The van der Waals surface area contributed by atoms with Crippen molar-refractivity contribution < 1.29 is 22.4 Å². The van der Waals surface area contributed by atoms with E-state index in [1.165, 1.54) is 18.2 Å². The zero-order valence-electron chi connectivity index (χ0n) is 14.8. The van der Waals surface area contributed by atoms with E-state index in [0.29, 0.717) is 27.8 Å². The van der Waals surface area contributed by atoms with Crippen molar-refractivity contribution in [1.82, 2.24) is 0 Å². The van der Waals surface area contributed by atoms with Crippen LogP contribution in [0.1, 0.15) is 28.6 Å². The standard InChI is InChI=1S/C20H17NO5S/c1-4-14-6-8-15(9-7-14)21-27(23,24)16-10-11-18-17(12-16)13(3)19(26-18)20(22)25-5-2/h1,6-12,21H,5H2,2-3H3. The number of carbonyl (C=O) groups is 1. The van der Waals surface area contributed by atoms with Crippen LogP contribution < -0.4 is 4.72 Å². The van der Waals surface area contributed by atoms with E-state index in [1.54, 1.807) is 38.1 Å². The fourth-order valence-electron chi connectivity index (χ4n) is 2.61. The van der Waals surface area contributed by atoms with Gasteiger partial charge in [-0.05, 0) is 56.3 Å². The predicted octanol–water partition coefficient (Wildman–Crippen LogP) is 3.70. The minimum atomic E-state index is -3.82. The monoisotopic (exact) mass is 383 g/mol. The van der Waals surface area contributed by atoms with Gasteiger partial charge in [0.15, 0.2) is 0 Å². The summed E-state index contributed by atoms with van der Waals surface area (Å²) in [7, 11) is -3.82. The van der Waals surface area contributed by atoms with Gasteiger partial charge in [0.2, 0.25) is 5.76 Å². The van der Waals surface area contributed by atoms with Crippen molar-refractivity contribution in [1.29, 1.82) is 0 Å². The van der Waals surface area contributed by atoms with Crippen LogP contribution in [0.5, 0.6) is 0 Å². The van der Waals surface area contributed by atoms with Crippen LogP contribution in [0.15, 0.2) is 51.8 Å². The first-order valence-corrected chi connectivity index (χ1v) is 9.64. The third-order valence-corrected chi connectivity index (χ3v) is 5.36. The van der Waals surface area contributed by atoms with Crippen LogP contribution in [0.2, 0.25) is 0 Å². The zero-order valence-corrected chi connectivity index (χ0v) is 15.6. The summed E-state index contributed by atoms with van der Waals surface area (Å²) in [5.41, 5.74) is 1.98. The minimum Gasteiger partial charge on any atom is -0.460 e. The number of esters is 1. The highest BCUT2D eigenvalue weighted by Gasteiger charge is 2.21. The molecule has 3 rings (SSSR count). The molecular weight excluding hydrogens is 366 g/mol. The van der Waals surface area contributed by atoms with Gasteiger partial charge in [-0.2, -0.15) is 0 Å². The van der Waals surface area contributed by atoms with Crippen molar-refractivity contribution >= 4 is 32.6 Å². The van der Waals surface area contributed by atoms with E-state index in [0.717, 1.165) is 0 Å². The van der Waals surface area contributed by atoms with Gasteiger partial charge in [-0.3, -0.25) is 4.72 Å². The van der Waals surface area contributed by atoms with Gasteiger partial charge < -0.3 is 9.15 Å². The number of ether oxygens (including phenoxy) is 1. The molecule has 0 atom stereocenters. The summed E-state index contributed by atoms with van der Waals surface area (Å²) < 4.78 is 38.3. The lowest BCUT2D eigenvalue weighted by Gasteiger charge is -2.08. The molecule has 2 aromatic carbocycles. The molecule has 0 fully saturated rings. The average Bonchev–Trinajstić information content (AvgIpc) is 2.99. The Kier molecular flexibility index (Phi) is 4.93. The summed E-state index contributed by atoms with van der Waals surface area (Å²) in [6.45, 7) is 3.60. The third kappa shape index (κ3) is 3.66. The molecule has 0 unspecified atom stereocenters. The maximum absolute atomic E-state index is 12.7. The number of terminal acetylenes is 1. The largest absolute Gasteiger partial charge is 0.460 e. The van der Waals surface area contributed by atoms with Crippen molar-refractivity contribution in [2.45, 2.75) is 18.7 Å². The minimum absolute atomic E-state index is 0.0512. The van der Waals surface area contributed by atoms with E-state index in [2.05, 4.69) is 10.6 Å². The van der Waals surface area contributed by atoms with Gasteiger partial charge in [-0.15, -0.1) is 6.42 Å². The van der Waals surface area contributed by atoms with E-state index in [1.807, 2.05) is 0 Å². The van der Waals surface area contributed by atoms with Gasteiger partial charge in [0.1, 0.15) is 5.58 Å². The number of benzene rings is 2. The van der Waals surface area contributed by atoms with Crippen molar-refractivity contribution in [2.24, 2.45) is 0 Å². The van der Waals surface area contributed by atoms with E-state index < -0.39 is 16.0 Å². The van der Waals surface area contributed by atoms with E-state index in [4.69, 9.17) is 15.6 Å². The van der Waals surface area contributed by atoms with Crippen molar-refractivity contribution in [2.75, 3.05) is 11.3 Å². The van der Waals surface area contributed by atoms with Gasteiger partial charge in [0.05, 0.1) is 11.5 Å². The molecule has 6 nitrogen and oxygen atoms in total. The summed E-state index contributed by atoms with van der Waals surface area (Å²) in [6.07, 6.45) is 5.30. The number of carbonyl (C=O) groups excluding carboxylic acids is 1. The lowest BCUT2D eigenvalue weighted by atomic mass is 10.1. The fraction of sp³-hybridized carbons (Fsp3) is 0.150. The van der Waals surface area contributed by atoms with Crippen LogP contribution in [0.4, 0.5) is 5.69 Å². The second kappa shape index (κ2) is 7.17. The summed E-state index contributed by atoms with van der Waals surface area (Å²) in [5, 5.41) is 0.531. The van der Waals surface area contributed by atoms with E-state index in [-0.39, 0.29) is 17.3 Å². The van der Waals surface area contributed by atoms with Gasteiger partial charge in [-0.1, -0.05) is 5.92 Å². The Morgan fingerprint density at radius 1 is 1.22 bits per heavy atom. The Bertz CT molecular complexity index is 1150. The number of rotatable bonds is 5. The lowest BCUT2D eigenvalue weighted by molar-refractivity contribution is 0.0491. The van der Waals surface area contributed by atoms with Crippen molar-refractivity contribution in [3.8, 4) is 12.3 Å². The molecule has 0 bridgehead atoms. The highest BCUT2D eigenvalue weighted by atomic mass is 32.2. The number of hydrogen-bond acceptors (Lipinski definition) is 5. The van der Waals surface area contributed by atoms with Crippen molar-refractivity contribution in [3.63, 3.8) is 0 Å². The number of hydrogen-bond donors (Lipinski definition) is 1. The highest BCUT2D eigenvalue weighted by molar-refractivity contribution is 7.92. The Morgan fingerprint density at radius 3 is 2.56 bits per heavy atom.